The molecule has 2 aromatic carbocycles. The van der Waals surface area contributed by atoms with Crippen LogP contribution in [-0.2, 0) is 17.9 Å². The first-order valence-corrected chi connectivity index (χ1v) is 13.0. The minimum Gasteiger partial charge on any atom is -0.485 e. The first-order chi connectivity index (χ1) is 16.9. The first-order valence-electron chi connectivity index (χ1n) is 10.8. The third-order valence-corrected chi connectivity index (χ3v) is 7.06. The van der Waals surface area contributed by atoms with Crippen LogP contribution >= 0.6 is 34.7 Å². The van der Waals surface area contributed by atoms with Crippen LogP contribution < -0.4 is 10.1 Å². The molecule has 0 atom stereocenters. The van der Waals surface area contributed by atoms with Gasteiger partial charge in [0.2, 0.25) is 5.91 Å². The summed E-state index contributed by atoms with van der Waals surface area (Å²) in [5.74, 6) is 1.51. The average Bonchev–Trinajstić information content (AvgIpc) is 3.45. The van der Waals surface area contributed by atoms with Gasteiger partial charge in [0.15, 0.2) is 16.1 Å². The number of benzene rings is 2. The Morgan fingerprint density at radius 1 is 1.20 bits per heavy atom. The predicted octanol–water partition coefficient (Wildman–Crippen LogP) is 6.17. The summed E-state index contributed by atoms with van der Waals surface area (Å²) < 4.78 is 7.95. The number of nitrogens with zero attached hydrogens (tertiary/aromatic N) is 4. The zero-order valence-corrected chi connectivity index (χ0v) is 21.7. The zero-order chi connectivity index (χ0) is 24.8. The number of rotatable bonds is 10. The van der Waals surface area contributed by atoms with E-state index in [1.54, 1.807) is 6.08 Å². The van der Waals surface area contributed by atoms with Crippen LogP contribution in [0.4, 0.5) is 5.13 Å². The van der Waals surface area contributed by atoms with Gasteiger partial charge in [0, 0.05) is 22.5 Å². The van der Waals surface area contributed by atoms with Gasteiger partial charge in [-0.1, -0.05) is 59.8 Å². The SMILES string of the molecule is C=CCn1c(COc2c(C)cccc2C)nnc1SCC(=O)Nc1nc(-c2ccc(Cl)cc2)cs1. The highest BCUT2D eigenvalue weighted by molar-refractivity contribution is 7.99. The molecule has 10 heteroatoms. The van der Waals surface area contributed by atoms with E-state index in [0.717, 1.165) is 28.1 Å². The number of anilines is 1. The third-order valence-electron chi connectivity index (χ3n) is 5.08. The molecule has 0 saturated carbocycles. The van der Waals surface area contributed by atoms with Crippen molar-refractivity contribution in [3.8, 4) is 17.0 Å². The highest BCUT2D eigenvalue weighted by atomic mass is 35.5. The molecule has 35 heavy (non-hydrogen) atoms. The summed E-state index contributed by atoms with van der Waals surface area (Å²) in [7, 11) is 0. The van der Waals surface area contributed by atoms with E-state index in [1.165, 1.54) is 23.1 Å². The molecule has 0 saturated heterocycles. The second kappa shape index (κ2) is 11.5. The van der Waals surface area contributed by atoms with Crippen molar-refractivity contribution in [3.05, 3.63) is 82.5 Å². The summed E-state index contributed by atoms with van der Waals surface area (Å²) in [6, 6.07) is 13.4. The molecule has 0 aliphatic carbocycles. The number of aryl methyl sites for hydroxylation is 2. The van der Waals surface area contributed by atoms with Crippen LogP contribution in [0.5, 0.6) is 5.75 Å². The van der Waals surface area contributed by atoms with E-state index in [0.29, 0.717) is 27.7 Å². The number of allylic oxidation sites excluding steroid dienone is 1. The molecule has 7 nitrogen and oxygen atoms in total. The number of carbonyl (C=O) groups is 1. The molecule has 0 radical (unpaired) electrons. The molecule has 1 amide bonds. The molecule has 0 aliphatic rings. The lowest BCUT2D eigenvalue weighted by molar-refractivity contribution is -0.113. The maximum absolute atomic E-state index is 12.6. The Morgan fingerprint density at radius 3 is 2.66 bits per heavy atom. The maximum atomic E-state index is 12.6. The number of nitrogens with one attached hydrogen (secondary N) is 1. The number of para-hydroxylation sites is 1. The molecular formula is C25H24ClN5O2S2. The normalized spacial score (nSPS) is 10.8. The fourth-order valence-corrected chi connectivity index (χ4v) is 5.01. The number of amides is 1. The van der Waals surface area contributed by atoms with Crippen molar-refractivity contribution in [2.24, 2.45) is 0 Å². The Bertz CT molecular complexity index is 1310. The fourth-order valence-electron chi connectivity index (χ4n) is 3.38. The lowest BCUT2D eigenvalue weighted by Crippen LogP contribution is -2.15. The Labute approximate surface area is 217 Å². The van der Waals surface area contributed by atoms with Crippen LogP contribution in [0.15, 0.2) is 65.7 Å². The molecule has 0 aliphatic heterocycles. The summed E-state index contributed by atoms with van der Waals surface area (Å²) in [4.78, 5) is 17.0. The van der Waals surface area contributed by atoms with Crippen LogP contribution in [0.2, 0.25) is 5.02 Å². The van der Waals surface area contributed by atoms with Gasteiger partial charge in [-0.3, -0.25) is 9.36 Å². The Balaban J connectivity index is 1.37. The number of hydrogen-bond donors (Lipinski definition) is 1. The van der Waals surface area contributed by atoms with Gasteiger partial charge in [0.1, 0.15) is 12.4 Å². The minimum absolute atomic E-state index is 0.170. The summed E-state index contributed by atoms with van der Waals surface area (Å²) in [5, 5.41) is 15.1. The van der Waals surface area contributed by atoms with Crippen molar-refractivity contribution in [3.63, 3.8) is 0 Å². The number of thioether (sulfide) groups is 1. The number of halogens is 1. The van der Waals surface area contributed by atoms with E-state index in [-0.39, 0.29) is 18.3 Å². The highest BCUT2D eigenvalue weighted by Crippen LogP contribution is 2.27. The lowest BCUT2D eigenvalue weighted by atomic mass is 10.1. The van der Waals surface area contributed by atoms with E-state index in [1.807, 2.05) is 66.3 Å². The topological polar surface area (TPSA) is 81.9 Å². The summed E-state index contributed by atoms with van der Waals surface area (Å²) in [6.07, 6.45) is 1.77. The average molecular weight is 526 g/mol. The second-order valence-electron chi connectivity index (χ2n) is 7.69. The van der Waals surface area contributed by atoms with Crippen molar-refractivity contribution < 1.29 is 9.53 Å². The summed E-state index contributed by atoms with van der Waals surface area (Å²) in [6.45, 7) is 8.63. The Morgan fingerprint density at radius 2 is 1.94 bits per heavy atom. The van der Waals surface area contributed by atoms with Gasteiger partial charge in [0.25, 0.3) is 0 Å². The maximum Gasteiger partial charge on any atom is 0.236 e. The minimum atomic E-state index is -0.173. The molecule has 4 aromatic rings. The van der Waals surface area contributed by atoms with Gasteiger partial charge >= 0.3 is 0 Å². The summed E-state index contributed by atoms with van der Waals surface area (Å²) >= 11 is 8.62. The van der Waals surface area contributed by atoms with Crippen molar-refractivity contribution in [2.75, 3.05) is 11.1 Å². The molecule has 0 bridgehead atoms. The number of hydrogen-bond acceptors (Lipinski definition) is 7. The Kier molecular flexibility index (Phi) is 8.22. The van der Waals surface area contributed by atoms with Crippen molar-refractivity contribution >= 4 is 45.7 Å². The van der Waals surface area contributed by atoms with Gasteiger partial charge in [-0.25, -0.2) is 4.98 Å². The monoisotopic (exact) mass is 525 g/mol. The van der Waals surface area contributed by atoms with E-state index >= 15 is 0 Å². The van der Waals surface area contributed by atoms with Crippen LogP contribution in [0.1, 0.15) is 17.0 Å². The molecule has 4 rings (SSSR count). The van der Waals surface area contributed by atoms with Crippen molar-refractivity contribution in [2.45, 2.75) is 32.2 Å². The highest BCUT2D eigenvalue weighted by Gasteiger charge is 2.16. The van der Waals surface area contributed by atoms with Crippen LogP contribution in [-0.4, -0.2) is 31.4 Å². The van der Waals surface area contributed by atoms with E-state index < -0.39 is 0 Å². The number of ether oxygens (including phenoxy) is 1. The van der Waals surface area contributed by atoms with Crippen molar-refractivity contribution in [1.82, 2.24) is 19.7 Å². The van der Waals surface area contributed by atoms with E-state index in [9.17, 15) is 4.79 Å². The molecule has 0 unspecified atom stereocenters. The molecular weight excluding hydrogens is 502 g/mol. The van der Waals surface area contributed by atoms with Gasteiger partial charge in [-0.05, 0) is 37.1 Å². The number of carbonyl (C=O) groups excluding carboxylic acids is 1. The molecule has 2 heterocycles. The van der Waals surface area contributed by atoms with Gasteiger partial charge in [0.05, 0.1) is 11.4 Å². The smallest absolute Gasteiger partial charge is 0.236 e. The molecule has 0 spiro atoms. The molecule has 1 N–H and O–H groups in total. The summed E-state index contributed by atoms with van der Waals surface area (Å²) in [5.41, 5.74) is 3.85. The largest absolute Gasteiger partial charge is 0.485 e. The lowest BCUT2D eigenvalue weighted by Gasteiger charge is -2.12. The van der Waals surface area contributed by atoms with Crippen LogP contribution in [0, 0.1) is 13.8 Å². The van der Waals surface area contributed by atoms with Crippen LogP contribution in [0.25, 0.3) is 11.3 Å². The predicted molar refractivity (Wildman–Crippen MR) is 142 cm³/mol. The second-order valence-corrected chi connectivity index (χ2v) is 9.93. The van der Waals surface area contributed by atoms with E-state index in [4.69, 9.17) is 16.3 Å². The molecule has 2 aromatic heterocycles. The molecule has 0 fully saturated rings. The third kappa shape index (κ3) is 6.30. The Hall–Kier alpha value is -3.14. The quantitative estimate of drug-likeness (QED) is 0.197. The fraction of sp³-hybridized carbons (Fsp3) is 0.200. The van der Waals surface area contributed by atoms with Gasteiger partial charge in [-0.15, -0.1) is 28.1 Å². The van der Waals surface area contributed by atoms with Crippen LogP contribution in [0.3, 0.4) is 0 Å². The van der Waals surface area contributed by atoms with Gasteiger partial charge < -0.3 is 10.1 Å². The van der Waals surface area contributed by atoms with Crippen molar-refractivity contribution in [1.29, 1.82) is 0 Å². The number of thiazole rings is 1. The number of aromatic nitrogens is 4. The van der Waals surface area contributed by atoms with Gasteiger partial charge in [-0.2, -0.15) is 0 Å². The zero-order valence-electron chi connectivity index (χ0n) is 19.3. The first kappa shape index (κ1) is 25.0. The molecule has 180 valence electrons. The standard InChI is InChI=1S/C25H24ClN5O2S2/c1-4-12-31-21(13-33-23-16(2)6-5-7-17(23)3)29-30-25(31)35-15-22(32)28-24-27-20(14-34-24)18-8-10-19(26)11-9-18/h4-11,14H,1,12-13,15H2,2-3H3,(H,27,28,32). The van der Waals surface area contributed by atoms with E-state index in [2.05, 4.69) is 27.1 Å².